The minimum atomic E-state index is -0.0532. The molecule has 2 heterocycles. The Kier molecular flexibility index (Phi) is 3.88. The number of nitrogens with zero attached hydrogens (tertiary/aromatic N) is 3. The molecule has 0 spiro atoms. The predicted molar refractivity (Wildman–Crippen MR) is 90.5 cm³/mol. The molecule has 1 aromatic heterocycles. The van der Waals surface area contributed by atoms with Crippen LogP contribution < -0.4 is 0 Å². The number of aliphatic hydroxyl groups excluding tert-OH is 1. The van der Waals surface area contributed by atoms with E-state index in [0.717, 1.165) is 30.5 Å². The number of aliphatic hydroxyl groups is 1. The maximum Gasteiger partial charge on any atom is 0.253 e. The Morgan fingerprint density at radius 2 is 2.29 bits per heavy atom. The highest BCUT2D eigenvalue weighted by molar-refractivity contribution is 5.94. The number of rotatable bonds is 4. The lowest BCUT2D eigenvalue weighted by atomic mass is 9.82. The number of likely N-dealkylation sites (tertiary alicyclic amines) is 1. The average molecular weight is 325 g/mol. The molecule has 5 heteroatoms. The molecule has 1 aromatic carbocycles. The number of amides is 1. The second-order valence-corrected chi connectivity index (χ2v) is 7.20. The topological polar surface area (TPSA) is 58.4 Å². The van der Waals surface area contributed by atoms with Gasteiger partial charge in [-0.3, -0.25) is 9.48 Å². The molecule has 2 fully saturated rings. The van der Waals surface area contributed by atoms with E-state index < -0.39 is 0 Å². The van der Waals surface area contributed by atoms with Gasteiger partial charge in [-0.25, -0.2) is 0 Å². The van der Waals surface area contributed by atoms with Crippen LogP contribution in [-0.4, -0.2) is 45.4 Å². The van der Waals surface area contributed by atoms with E-state index in [2.05, 4.69) is 5.10 Å². The lowest BCUT2D eigenvalue weighted by Crippen LogP contribution is -2.34. The molecule has 1 amide bonds. The molecule has 24 heavy (non-hydrogen) atoms. The van der Waals surface area contributed by atoms with Crippen LogP contribution in [0.4, 0.5) is 0 Å². The summed E-state index contributed by atoms with van der Waals surface area (Å²) >= 11 is 0. The smallest absolute Gasteiger partial charge is 0.253 e. The number of hydrogen-bond donors (Lipinski definition) is 1. The second kappa shape index (κ2) is 6.06. The predicted octanol–water partition coefficient (Wildman–Crippen LogP) is 2.17. The summed E-state index contributed by atoms with van der Waals surface area (Å²) in [4.78, 5) is 14.9. The minimum Gasteiger partial charge on any atom is -0.396 e. The molecule has 5 nitrogen and oxygen atoms in total. The van der Waals surface area contributed by atoms with E-state index in [0.29, 0.717) is 19.0 Å². The van der Waals surface area contributed by atoms with Crippen LogP contribution in [0.15, 0.2) is 42.7 Å². The lowest BCUT2D eigenvalue weighted by Gasteiger charge is -2.25. The first kappa shape index (κ1) is 15.4. The van der Waals surface area contributed by atoms with Crippen molar-refractivity contribution in [2.24, 2.45) is 11.3 Å². The molecule has 0 unspecified atom stereocenters. The summed E-state index contributed by atoms with van der Waals surface area (Å²) in [5.74, 6) is 0.540. The van der Waals surface area contributed by atoms with Gasteiger partial charge in [-0.15, -0.1) is 0 Å². The van der Waals surface area contributed by atoms with Gasteiger partial charge in [-0.05, 0) is 42.5 Å². The fraction of sp³-hybridized carbons (Fsp3) is 0.474. The van der Waals surface area contributed by atoms with Crippen LogP contribution in [0.2, 0.25) is 0 Å². The van der Waals surface area contributed by atoms with Crippen molar-refractivity contribution in [2.75, 3.05) is 19.7 Å². The van der Waals surface area contributed by atoms with Crippen molar-refractivity contribution >= 4 is 5.91 Å². The molecule has 1 aliphatic heterocycles. The van der Waals surface area contributed by atoms with Gasteiger partial charge in [0.25, 0.3) is 5.91 Å². The van der Waals surface area contributed by atoms with Crippen LogP contribution >= 0.6 is 0 Å². The Bertz CT molecular complexity index is 728. The zero-order chi connectivity index (χ0) is 16.6. The highest BCUT2D eigenvalue weighted by Gasteiger charge is 2.50. The Balaban J connectivity index is 1.51. The van der Waals surface area contributed by atoms with E-state index in [1.807, 2.05) is 46.1 Å². The Morgan fingerprint density at radius 1 is 1.38 bits per heavy atom. The molecule has 4 rings (SSSR count). The minimum absolute atomic E-state index is 0.0532. The molecular weight excluding hydrogens is 302 g/mol. The van der Waals surface area contributed by atoms with E-state index in [1.165, 1.54) is 6.42 Å². The molecule has 0 bridgehead atoms. The molecule has 1 aliphatic carbocycles. The zero-order valence-corrected chi connectivity index (χ0v) is 13.8. The van der Waals surface area contributed by atoms with Crippen LogP contribution in [0.1, 0.15) is 35.2 Å². The standard InChI is InChI=1S/C19H23N3O2/c23-14-19-7-2-6-17(19)12-21(13-19)18(24)16-5-1-4-15(10-16)11-22-9-3-8-20-22/h1,3-5,8-10,17,23H,2,6-7,11-14H2/t17-,19+/m0/s1. The third kappa shape index (κ3) is 2.63. The van der Waals surface area contributed by atoms with E-state index >= 15 is 0 Å². The van der Waals surface area contributed by atoms with Gasteiger partial charge < -0.3 is 10.0 Å². The summed E-state index contributed by atoms with van der Waals surface area (Å²) in [6.07, 6.45) is 7.01. The SMILES string of the molecule is O=C(c1cccc(Cn2cccn2)c1)N1C[C@@H]2CCC[C@]2(CO)C1. The molecule has 2 atom stereocenters. The van der Waals surface area contributed by atoms with Crippen LogP contribution in [0.3, 0.4) is 0 Å². The van der Waals surface area contributed by atoms with Crippen LogP contribution in [0, 0.1) is 11.3 Å². The van der Waals surface area contributed by atoms with Gasteiger partial charge in [0.2, 0.25) is 0 Å². The summed E-state index contributed by atoms with van der Waals surface area (Å²) in [6, 6.07) is 9.70. The quantitative estimate of drug-likeness (QED) is 0.937. The maximum atomic E-state index is 12.9. The monoisotopic (exact) mass is 325 g/mol. The van der Waals surface area contributed by atoms with Gasteiger partial charge in [0.1, 0.15) is 0 Å². The number of aromatic nitrogens is 2. The summed E-state index contributed by atoms with van der Waals surface area (Å²) in [6.45, 7) is 2.33. The highest BCUT2D eigenvalue weighted by atomic mass is 16.3. The molecule has 1 saturated carbocycles. The van der Waals surface area contributed by atoms with Crippen molar-refractivity contribution < 1.29 is 9.90 Å². The van der Waals surface area contributed by atoms with Crippen molar-refractivity contribution in [3.8, 4) is 0 Å². The van der Waals surface area contributed by atoms with Gasteiger partial charge in [-0.2, -0.15) is 5.10 Å². The van der Waals surface area contributed by atoms with Crippen LogP contribution in [0.5, 0.6) is 0 Å². The Morgan fingerprint density at radius 3 is 3.04 bits per heavy atom. The van der Waals surface area contributed by atoms with Crippen molar-refractivity contribution in [2.45, 2.75) is 25.8 Å². The molecule has 0 radical (unpaired) electrons. The van der Waals surface area contributed by atoms with Crippen molar-refractivity contribution in [1.82, 2.24) is 14.7 Å². The molecule has 126 valence electrons. The number of fused-ring (bicyclic) bond motifs is 1. The van der Waals surface area contributed by atoms with Crippen molar-refractivity contribution in [1.29, 1.82) is 0 Å². The van der Waals surface area contributed by atoms with E-state index in [-0.39, 0.29) is 17.9 Å². The summed E-state index contributed by atoms with van der Waals surface area (Å²) in [5.41, 5.74) is 1.75. The van der Waals surface area contributed by atoms with Gasteiger partial charge in [0.05, 0.1) is 13.2 Å². The third-order valence-corrected chi connectivity index (χ3v) is 5.72. The second-order valence-electron chi connectivity index (χ2n) is 7.20. The average Bonchev–Trinajstić information content (AvgIpc) is 3.29. The van der Waals surface area contributed by atoms with Crippen LogP contribution in [0.25, 0.3) is 0 Å². The normalized spacial score (nSPS) is 25.9. The fourth-order valence-electron chi connectivity index (χ4n) is 4.39. The summed E-state index contributed by atoms with van der Waals surface area (Å²) < 4.78 is 1.85. The fourth-order valence-corrected chi connectivity index (χ4v) is 4.39. The zero-order valence-electron chi connectivity index (χ0n) is 13.8. The van der Waals surface area contributed by atoms with Gasteiger partial charge >= 0.3 is 0 Å². The first-order valence-corrected chi connectivity index (χ1v) is 8.67. The first-order valence-electron chi connectivity index (χ1n) is 8.67. The van der Waals surface area contributed by atoms with Crippen molar-refractivity contribution in [3.63, 3.8) is 0 Å². The van der Waals surface area contributed by atoms with Crippen LogP contribution in [-0.2, 0) is 6.54 Å². The molecule has 1 saturated heterocycles. The van der Waals surface area contributed by atoms with E-state index in [4.69, 9.17) is 0 Å². The number of carbonyl (C=O) groups excluding carboxylic acids is 1. The molecule has 1 N–H and O–H groups in total. The molecular formula is C19H23N3O2. The van der Waals surface area contributed by atoms with Gasteiger partial charge in [0, 0.05) is 36.5 Å². The van der Waals surface area contributed by atoms with Crippen molar-refractivity contribution in [3.05, 3.63) is 53.9 Å². The third-order valence-electron chi connectivity index (χ3n) is 5.72. The maximum absolute atomic E-state index is 12.9. The largest absolute Gasteiger partial charge is 0.396 e. The number of hydrogen-bond acceptors (Lipinski definition) is 3. The molecule has 2 aromatic rings. The highest BCUT2D eigenvalue weighted by Crippen LogP contribution is 2.48. The lowest BCUT2D eigenvalue weighted by molar-refractivity contribution is 0.0734. The number of carbonyl (C=O) groups is 1. The summed E-state index contributed by atoms with van der Waals surface area (Å²) in [7, 11) is 0. The van der Waals surface area contributed by atoms with E-state index in [9.17, 15) is 9.90 Å². The van der Waals surface area contributed by atoms with Gasteiger partial charge in [0.15, 0.2) is 0 Å². The first-order chi connectivity index (χ1) is 11.7. The summed E-state index contributed by atoms with van der Waals surface area (Å²) in [5, 5.41) is 14.1. The molecule has 2 aliphatic rings. The Labute approximate surface area is 141 Å². The van der Waals surface area contributed by atoms with E-state index in [1.54, 1.807) is 6.20 Å². The Hall–Kier alpha value is -2.14. The number of benzene rings is 1. The van der Waals surface area contributed by atoms with Gasteiger partial charge in [-0.1, -0.05) is 18.6 Å².